The molecule has 0 radical (unpaired) electrons. The van der Waals surface area contributed by atoms with Gasteiger partial charge in [-0.25, -0.2) is 9.97 Å². The number of aromatic amines is 1. The number of anilines is 2. The Balaban J connectivity index is 1.90. The van der Waals surface area contributed by atoms with Crippen molar-refractivity contribution in [1.29, 1.82) is 0 Å². The van der Waals surface area contributed by atoms with Crippen LogP contribution in [0.4, 0.5) is 24.9 Å². The first-order valence-corrected chi connectivity index (χ1v) is 9.09. The standard InChI is InChI=1S/C21H17F3N6/c1-12-7-3-4-8-14(12)17-11-18(28-20-25-13(2)29-30-20)27-19(26-17)15-9-5-6-10-16(15)21(22,23)24/h3-11H,1-2H3,(H2,25,26,27,28,29,30). The maximum Gasteiger partial charge on any atom is 0.417 e. The number of H-pyrrole nitrogens is 1. The molecule has 9 heteroatoms. The van der Waals surface area contributed by atoms with Gasteiger partial charge in [-0.2, -0.15) is 18.2 Å². The Morgan fingerprint density at radius 3 is 2.23 bits per heavy atom. The summed E-state index contributed by atoms with van der Waals surface area (Å²) in [4.78, 5) is 12.9. The first kappa shape index (κ1) is 19.6. The van der Waals surface area contributed by atoms with Gasteiger partial charge in [0.15, 0.2) is 5.82 Å². The van der Waals surface area contributed by atoms with E-state index in [9.17, 15) is 13.2 Å². The van der Waals surface area contributed by atoms with Crippen LogP contribution in [0.2, 0.25) is 0 Å². The summed E-state index contributed by atoms with van der Waals surface area (Å²) in [5.74, 6) is 1.10. The first-order chi connectivity index (χ1) is 14.3. The fraction of sp³-hybridized carbons (Fsp3) is 0.143. The molecule has 2 aromatic carbocycles. The zero-order chi connectivity index (χ0) is 21.3. The molecule has 0 amide bonds. The molecular formula is C21H17F3N6. The minimum absolute atomic E-state index is 0.0431. The van der Waals surface area contributed by atoms with Crippen molar-refractivity contribution in [2.45, 2.75) is 20.0 Å². The molecule has 30 heavy (non-hydrogen) atoms. The molecule has 2 N–H and O–H groups in total. The zero-order valence-corrected chi connectivity index (χ0v) is 16.1. The van der Waals surface area contributed by atoms with Crippen molar-refractivity contribution in [2.75, 3.05) is 5.32 Å². The summed E-state index contributed by atoms with van der Waals surface area (Å²) in [6.07, 6.45) is -4.53. The number of rotatable bonds is 4. The van der Waals surface area contributed by atoms with E-state index in [4.69, 9.17) is 0 Å². The molecule has 2 heterocycles. The number of nitrogens with zero attached hydrogens (tertiary/aromatic N) is 4. The molecule has 6 nitrogen and oxygen atoms in total. The molecule has 0 aliphatic heterocycles. The molecule has 0 fully saturated rings. The van der Waals surface area contributed by atoms with Crippen molar-refractivity contribution in [2.24, 2.45) is 0 Å². The lowest BCUT2D eigenvalue weighted by atomic mass is 10.0. The number of benzene rings is 2. The predicted molar refractivity (Wildman–Crippen MR) is 107 cm³/mol. The number of hydrogen-bond donors (Lipinski definition) is 2. The van der Waals surface area contributed by atoms with Crippen molar-refractivity contribution in [3.8, 4) is 22.6 Å². The molecule has 0 aliphatic carbocycles. The smallest absolute Gasteiger partial charge is 0.307 e. The van der Waals surface area contributed by atoms with Crippen molar-refractivity contribution < 1.29 is 13.2 Å². The Morgan fingerprint density at radius 2 is 1.57 bits per heavy atom. The third-order valence-electron chi connectivity index (χ3n) is 4.46. The van der Waals surface area contributed by atoms with Crippen molar-refractivity contribution in [3.63, 3.8) is 0 Å². The van der Waals surface area contributed by atoms with Crippen LogP contribution in [0.3, 0.4) is 0 Å². The minimum atomic E-state index is -4.53. The van der Waals surface area contributed by atoms with Gasteiger partial charge in [0.25, 0.3) is 0 Å². The van der Waals surface area contributed by atoms with Gasteiger partial charge >= 0.3 is 6.18 Å². The lowest BCUT2D eigenvalue weighted by Crippen LogP contribution is -2.09. The summed E-state index contributed by atoms with van der Waals surface area (Å²) >= 11 is 0. The van der Waals surface area contributed by atoms with Gasteiger partial charge in [-0.3, -0.25) is 5.10 Å². The highest BCUT2D eigenvalue weighted by atomic mass is 19.4. The van der Waals surface area contributed by atoms with E-state index in [1.165, 1.54) is 18.2 Å². The molecular weight excluding hydrogens is 393 g/mol. The Bertz CT molecular complexity index is 1200. The number of aromatic nitrogens is 5. The molecule has 4 aromatic rings. The first-order valence-electron chi connectivity index (χ1n) is 9.09. The average molecular weight is 410 g/mol. The summed E-state index contributed by atoms with van der Waals surface area (Å²) in [5, 5.41) is 9.64. The van der Waals surface area contributed by atoms with E-state index >= 15 is 0 Å². The molecule has 0 saturated carbocycles. The number of hydrogen-bond acceptors (Lipinski definition) is 5. The van der Waals surface area contributed by atoms with Crippen LogP contribution < -0.4 is 5.32 Å². The van der Waals surface area contributed by atoms with Crippen LogP contribution in [0, 0.1) is 13.8 Å². The van der Waals surface area contributed by atoms with Gasteiger partial charge in [0, 0.05) is 17.2 Å². The third-order valence-corrected chi connectivity index (χ3v) is 4.46. The molecule has 0 spiro atoms. The number of nitrogens with one attached hydrogen (secondary N) is 2. The Labute approximate surface area is 170 Å². The summed E-state index contributed by atoms with van der Waals surface area (Å²) < 4.78 is 40.7. The Hall–Kier alpha value is -3.75. The topological polar surface area (TPSA) is 79.4 Å². The van der Waals surface area contributed by atoms with E-state index in [1.807, 2.05) is 31.2 Å². The highest BCUT2D eigenvalue weighted by Crippen LogP contribution is 2.37. The Kier molecular flexibility index (Phi) is 4.94. The second-order valence-electron chi connectivity index (χ2n) is 6.69. The molecule has 4 rings (SSSR count). The lowest BCUT2D eigenvalue weighted by Gasteiger charge is -2.14. The quantitative estimate of drug-likeness (QED) is 0.477. The van der Waals surface area contributed by atoms with Gasteiger partial charge in [-0.1, -0.05) is 42.5 Å². The van der Waals surface area contributed by atoms with Gasteiger partial charge in [0.05, 0.1) is 11.3 Å². The number of halogens is 3. The number of alkyl halides is 3. The molecule has 152 valence electrons. The molecule has 0 aliphatic rings. The number of aryl methyl sites for hydroxylation is 2. The fourth-order valence-electron chi connectivity index (χ4n) is 3.07. The summed E-state index contributed by atoms with van der Waals surface area (Å²) in [5.41, 5.74) is 1.32. The van der Waals surface area contributed by atoms with Crippen molar-refractivity contribution in [1.82, 2.24) is 25.1 Å². The maximum atomic E-state index is 13.6. The van der Waals surface area contributed by atoms with E-state index in [-0.39, 0.29) is 23.2 Å². The van der Waals surface area contributed by atoms with E-state index in [2.05, 4.69) is 30.5 Å². The second-order valence-corrected chi connectivity index (χ2v) is 6.69. The zero-order valence-electron chi connectivity index (χ0n) is 16.1. The highest BCUT2D eigenvalue weighted by Gasteiger charge is 2.34. The van der Waals surface area contributed by atoms with Gasteiger partial charge in [0.2, 0.25) is 5.95 Å². The van der Waals surface area contributed by atoms with Crippen molar-refractivity contribution in [3.05, 3.63) is 71.5 Å². The SMILES string of the molecule is Cc1nc(Nc2cc(-c3ccccc3C)nc(-c3ccccc3C(F)(F)F)n2)n[nH]1. The lowest BCUT2D eigenvalue weighted by molar-refractivity contribution is -0.137. The van der Waals surface area contributed by atoms with E-state index in [1.54, 1.807) is 13.0 Å². The van der Waals surface area contributed by atoms with Crippen LogP contribution in [0.25, 0.3) is 22.6 Å². The molecule has 0 saturated heterocycles. The highest BCUT2D eigenvalue weighted by molar-refractivity contribution is 5.72. The molecule has 2 aromatic heterocycles. The van der Waals surface area contributed by atoms with Crippen LogP contribution in [-0.2, 0) is 6.18 Å². The fourth-order valence-corrected chi connectivity index (χ4v) is 3.07. The summed E-state index contributed by atoms with van der Waals surface area (Å²) in [6.45, 7) is 3.65. The predicted octanol–water partition coefficient (Wildman–Crippen LogP) is 5.31. The van der Waals surface area contributed by atoms with Crippen LogP contribution >= 0.6 is 0 Å². The molecule has 0 atom stereocenters. The minimum Gasteiger partial charge on any atom is -0.307 e. The van der Waals surface area contributed by atoms with Crippen molar-refractivity contribution >= 4 is 11.8 Å². The maximum absolute atomic E-state index is 13.6. The monoisotopic (exact) mass is 410 g/mol. The van der Waals surface area contributed by atoms with Gasteiger partial charge < -0.3 is 5.32 Å². The van der Waals surface area contributed by atoms with Crippen LogP contribution in [0.5, 0.6) is 0 Å². The van der Waals surface area contributed by atoms with Crippen LogP contribution in [-0.4, -0.2) is 25.1 Å². The second kappa shape index (κ2) is 7.58. The molecule has 0 bridgehead atoms. The summed E-state index contributed by atoms with van der Waals surface area (Å²) in [6, 6.07) is 14.4. The van der Waals surface area contributed by atoms with Gasteiger partial charge in [-0.15, -0.1) is 5.10 Å². The van der Waals surface area contributed by atoms with E-state index < -0.39 is 11.7 Å². The van der Waals surface area contributed by atoms with Gasteiger partial charge in [0.1, 0.15) is 11.6 Å². The van der Waals surface area contributed by atoms with E-state index in [0.29, 0.717) is 11.5 Å². The normalized spacial score (nSPS) is 11.5. The summed E-state index contributed by atoms with van der Waals surface area (Å²) in [7, 11) is 0. The Morgan fingerprint density at radius 1 is 0.867 bits per heavy atom. The molecule has 0 unspecified atom stereocenters. The van der Waals surface area contributed by atoms with E-state index in [0.717, 1.165) is 17.2 Å². The van der Waals surface area contributed by atoms with Gasteiger partial charge in [-0.05, 0) is 25.5 Å². The van der Waals surface area contributed by atoms with Crippen LogP contribution in [0.1, 0.15) is 17.0 Å². The average Bonchev–Trinajstić information content (AvgIpc) is 3.12. The third kappa shape index (κ3) is 4.00. The van der Waals surface area contributed by atoms with Crippen LogP contribution in [0.15, 0.2) is 54.6 Å². The largest absolute Gasteiger partial charge is 0.417 e.